The summed E-state index contributed by atoms with van der Waals surface area (Å²) in [6, 6.07) is 16.0. The van der Waals surface area contributed by atoms with Crippen LogP contribution in [-0.4, -0.2) is 42.7 Å². The molecular formula is C23H24N4O4S2. The maximum atomic E-state index is 12.5. The number of benzene rings is 2. The molecule has 8 nitrogen and oxygen atoms in total. The van der Waals surface area contributed by atoms with Crippen molar-refractivity contribution in [3.05, 3.63) is 65.2 Å². The molecule has 1 fully saturated rings. The van der Waals surface area contributed by atoms with Crippen molar-refractivity contribution in [3.63, 3.8) is 0 Å². The van der Waals surface area contributed by atoms with Crippen LogP contribution in [0.1, 0.15) is 36.3 Å². The number of hydrogen-bond donors (Lipinski definition) is 1. The average molecular weight is 485 g/mol. The Bertz CT molecular complexity index is 1240. The minimum Gasteiger partial charge on any atom is -0.312 e. The Labute approximate surface area is 196 Å². The fraction of sp³-hybridized carbons (Fsp3) is 0.304. The zero-order valence-electron chi connectivity index (χ0n) is 18.1. The number of hydrogen-bond acceptors (Lipinski definition) is 7. The van der Waals surface area contributed by atoms with Crippen molar-refractivity contribution >= 4 is 43.8 Å². The molecule has 1 saturated heterocycles. The number of carbonyl (C=O) groups is 2. The van der Waals surface area contributed by atoms with E-state index in [4.69, 9.17) is 0 Å². The Morgan fingerprint density at radius 1 is 1.12 bits per heavy atom. The number of anilines is 2. The summed E-state index contributed by atoms with van der Waals surface area (Å²) in [6.07, 6.45) is 1.08. The van der Waals surface area contributed by atoms with Gasteiger partial charge in [0.05, 0.1) is 10.6 Å². The molecule has 1 N–H and O–H groups in total. The molecule has 1 unspecified atom stereocenters. The molecule has 0 aliphatic carbocycles. The molecule has 172 valence electrons. The van der Waals surface area contributed by atoms with E-state index < -0.39 is 15.7 Å². The lowest BCUT2D eigenvalue weighted by molar-refractivity contribution is -0.117. The highest BCUT2D eigenvalue weighted by atomic mass is 32.2. The Balaban J connectivity index is 1.34. The van der Waals surface area contributed by atoms with Crippen LogP contribution in [-0.2, 0) is 25.8 Å². The fourth-order valence-corrected chi connectivity index (χ4v) is 5.75. The average Bonchev–Trinajstić information content (AvgIpc) is 3.45. The molecule has 0 saturated carbocycles. The normalized spacial score (nSPS) is 16.2. The summed E-state index contributed by atoms with van der Waals surface area (Å²) in [5.74, 6) is -0.823. The van der Waals surface area contributed by atoms with E-state index in [2.05, 4.69) is 22.4 Å². The number of aryl methyl sites for hydroxylation is 1. The molecule has 4 rings (SSSR count). The molecule has 0 spiro atoms. The van der Waals surface area contributed by atoms with Crippen molar-refractivity contribution in [2.24, 2.45) is 0 Å². The number of amides is 2. The Kier molecular flexibility index (Phi) is 6.85. The van der Waals surface area contributed by atoms with E-state index in [1.54, 1.807) is 23.1 Å². The van der Waals surface area contributed by atoms with Crippen LogP contribution in [0.25, 0.3) is 0 Å². The van der Waals surface area contributed by atoms with Gasteiger partial charge in [-0.3, -0.25) is 9.59 Å². The molecule has 1 aromatic heterocycles. The molecule has 2 aromatic carbocycles. The highest BCUT2D eigenvalue weighted by Gasteiger charge is 2.34. The van der Waals surface area contributed by atoms with E-state index in [0.717, 1.165) is 12.1 Å². The van der Waals surface area contributed by atoms with Crippen LogP contribution in [0.5, 0.6) is 0 Å². The van der Waals surface area contributed by atoms with E-state index in [0.29, 0.717) is 23.1 Å². The van der Waals surface area contributed by atoms with Gasteiger partial charge in [-0.05, 0) is 36.2 Å². The van der Waals surface area contributed by atoms with E-state index in [1.807, 2.05) is 24.3 Å². The van der Waals surface area contributed by atoms with Crippen molar-refractivity contribution in [1.82, 2.24) is 10.2 Å². The van der Waals surface area contributed by atoms with Crippen LogP contribution in [0.2, 0.25) is 0 Å². The van der Waals surface area contributed by atoms with E-state index in [1.165, 1.54) is 29.0 Å². The van der Waals surface area contributed by atoms with Crippen LogP contribution in [0.4, 0.5) is 10.8 Å². The molecule has 33 heavy (non-hydrogen) atoms. The van der Waals surface area contributed by atoms with Gasteiger partial charge < -0.3 is 10.2 Å². The lowest BCUT2D eigenvalue weighted by Gasteiger charge is -2.16. The molecule has 0 radical (unpaired) electrons. The SMILES string of the molecule is CCc1ccc(N2CC(c3nnc(NC(=O)CCS(=O)(=O)c4ccccc4)s3)CC2=O)cc1. The minimum absolute atomic E-state index is 0.0242. The van der Waals surface area contributed by atoms with Crippen molar-refractivity contribution in [2.45, 2.75) is 37.0 Å². The Morgan fingerprint density at radius 3 is 2.55 bits per heavy atom. The first kappa shape index (κ1) is 23.1. The van der Waals surface area contributed by atoms with Crippen LogP contribution in [0.3, 0.4) is 0 Å². The van der Waals surface area contributed by atoms with E-state index in [9.17, 15) is 18.0 Å². The lowest BCUT2D eigenvalue weighted by Crippen LogP contribution is -2.24. The molecule has 2 amide bonds. The number of rotatable bonds is 8. The standard InChI is InChI=1S/C23H24N4O4S2/c1-2-16-8-10-18(11-9-16)27-15-17(14-21(27)29)22-25-26-23(32-22)24-20(28)12-13-33(30,31)19-6-4-3-5-7-19/h3-11,17H,2,12-15H2,1H3,(H,24,26,28). The smallest absolute Gasteiger partial charge is 0.227 e. The van der Waals surface area contributed by atoms with Gasteiger partial charge in [0.25, 0.3) is 0 Å². The predicted octanol–water partition coefficient (Wildman–Crippen LogP) is 3.42. The van der Waals surface area contributed by atoms with Gasteiger partial charge in [0, 0.05) is 31.0 Å². The van der Waals surface area contributed by atoms with Crippen LogP contribution < -0.4 is 10.2 Å². The first-order valence-electron chi connectivity index (χ1n) is 10.7. The van der Waals surface area contributed by atoms with Crippen LogP contribution in [0.15, 0.2) is 59.5 Å². The summed E-state index contributed by atoms with van der Waals surface area (Å²) < 4.78 is 24.7. The second kappa shape index (κ2) is 9.80. The third-order valence-corrected chi connectivity index (χ3v) is 8.25. The third kappa shape index (κ3) is 5.45. The monoisotopic (exact) mass is 484 g/mol. The van der Waals surface area contributed by atoms with Crippen molar-refractivity contribution in [2.75, 3.05) is 22.5 Å². The topological polar surface area (TPSA) is 109 Å². The largest absolute Gasteiger partial charge is 0.312 e. The van der Waals surface area contributed by atoms with Gasteiger partial charge in [0.15, 0.2) is 9.84 Å². The van der Waals surface area contributed by atoms with Crippen molar-refractivity contribution < 1.29 is 18.0 Å². The van der Waals surface area contributed by atoms with Crippen LogP contribution >= 0.6 is 11.3 Å². The second-order valence-corrected chi connectivity index (χ2v) is 10.9. The summed E-state index contributed by atoms with van der Waals surface area (Å²) in [4.78, 5) is 26.8. The Hall–Kier alpha value is -3.11. The van der Waals surface area contributed by atoms with Gasteiger partial charge in [-0.15, -0.1) is 10.2 Å². The quantitative estimate of drug-likeness (QED) is 0.525. The van der Waals surface area contributed by atoms with Gasteiger partial charge in [-0.25, -0.2) is 8.42 Å². The highest BCUT2D eigenvalue weighted by molar-refractivity contribution is 7.91. The second-order valence-electron chi connectivity index (χ2n) is 7.80. The van der Waals surface area contributed by atoms with Gasteiger partial charge in [0.2, 0.25) is 16.9 Å². The number of nitrogens with zero attached hydrogens (tertiary/aromatic N) is 3. The summed E-state index contributed by atoms with van der Waals surface area (Å²) in [5.41, 5.74) is 2.07. The fourth-order valence-electron chi connectivity index (χ4n) is 3.64. The summed E-state index contributed by atoms with van der Waals surface area (Å²) >= 11 is 1.21. The minimum atomic E-state index is -3.54. The molecule has 1 atom stereocenters. The molecule has 3 aromatic rings. The van der Waals surface area contributed by atoms with Gasteiger partial charge in [0.1, 0.15) is 5.01 Å². The van der Waals surface area contributed by atoms with Gasteiger partial charge in [-0.2, -0.15) is 0 Å². The van der Waals surface area contributed by atoms with Crippen molar-refractivity contribution in [3.8, 4) is 0 Å². The van der Waals surface area contributed by atoms with Gasteiger partial charge in [-0.1, -0.05) is 48.6 Å². The number of nitrogens with one attached hydrogen (secondary N) is 1. The molecular weight excluding hydrogens is 460 g/mol. The lowest BCUT2D eigenvalue weighted by atomic mass is 10.1. The van der Waals surface area contributed by atoms with Gasteiger partial charge >= 0.3 is 0 Å². The predicted molar refractivity (Wildman–Crippen MR) is 127 cm³/mol. The van der Waals surface area contributed by atoms with Crippen molar-refractivity contribution in [1.29, 1.82) is 0 Å². The Morgan fingerprint density at radius 2 is 1.85 bits per heavy atom. The molecule has 0 bridgehead atoms. The molecule has 2 heterocycles. The number of aromatic nitrogens is 2. The molecule has 1 aliphatic heterocycles. The first-order valence-corrected chi connectivity index (χ1v) is 13.1. The zero-order valence-corrected chi connectivity index (χ0v) is 19.7. The molecule has 10 heteroatoms. The number of sulfone groups is 1. The summed E-state index contributed by atoms with van der Waals surface area (Å²) in [5, 5.41) is 11.7. The summed E-state index contributed by atoms with van der Waals surface area (Å²) in [6.45, 7) is 2.59. The maximum Gasteiger partial charge on any atom is 0.227 e. The highest BCUT2D eigenvalue weighted by Crippen LogP contribution is 2.34. The van der Waals surface area contributed by atoms with E-state index in [-0.39, 0.29) is 28.9 Å². The summed E-state index contributed by atoms with van der Waals surface area (Å²) in [7, 11) is -3.54. The first-order chi connectivity index (χ1) is 15.9. The third-order valence-electron chi connectivity index (χ3n) is 5.52. The molecule has 1 aliphatic rings. The maximum absolute atomic E-state index is 12.5. The zero-order chi connectivity index (χ0) is 23.4. The van der Waals surface area contributed by atoms with E-state index >= 15 is 0 Å². The number of carbonyl (C=O) groups excluding carboxylic acids is 2. The van der Waals surface area contributed by atoms with Crippen LogP contribution in [0, 0.1) is 0 Å².